The minimum absolute atomic E-state index is 0.219. The van der Waals surface area contributed by atoms with Gasteiger partial charge in [0.25, 0.3) is 0 Å². The lowest BCUT2D eigenvalue weighted by molar-refractivity contribution is -0.140. The molecule has 4 amide bonds. The van der Waals surface area contributed by atoms with E-state index in [0.717, 1.165) is 11.1 Å². The predicted octanol–water partition coefficient (Wildman–Crippen LogP) is 2.41. The molecule has 0 radical (unpaired) electrons. The van der Waals surface area contributed by atoms with Gasteiger partial charge in [-0.25, -0.2) is 0 Å². The molecule has 6 nitrogen and oxygen atoms in total. The summed E-state index contributed by atoms with van der Waals surface area (Å²) in [6, 6.07) is 18.8. The van der Waals surface area contributed by atoms with Crippen molar-refractivity contribution in [1.82, 2.24) is 9.80 Å². The Bertz CT molecular complexity index is 1020. The Morgan fingerprint density at radius 1 is 0.500 bits per heavy atom. The third kappa shape index (κ3) is 2.58. The van der Waals surface area contributed by atoms with Crippen LogP contribution in [0, 0.1) is 35.5 Å². The molecule has 1 saturated carbocycles. The van der Waals surface area contributed by atoms with E-state index in [9.17, 15) is 19.2 Å². The lowest BCUT2D eigenvalue weighted by Crippen LogP contribution is -2.50. The number of hydrogen-bond acceptors (Lipinski definition) is 4. The zero-order valence-electron chi connectivity index (χ0n) is 17.3. The number of carbonyl (C=O) groups is 4. The fraction of sp³-hybridized carbons (Fsp3) is 0.308. The highest BCUT2D eigenvalue weighted by Gasteiger charge is 2.68. The van der Waals surface area contributed by atoms with Gasteiger partial charge in [-0.05, 0) is 11.1 Å². The van der Waals surface area contributed by atoms with Crippen molar-refractivity contribution in [2.75, 3.05) is 0 Å². The van der Waals surface area contributed by atoms with Crippen LogP contribution in [-0.4, -0.2) is 33.4 Å². The number of amides is 4. The van der Waals surface area contributed by atoms with E-state index in [0.29, 0.717) is 0 Å². The van der Waals surface area contributed by atoms with Gasteiger partial charge in [0.1, 0.15) is 0 Å². The molecular formula is C26H22N2O4. The van der Waals surface area contributed by atoms with Gasteiger partial charge in [0.05, 0.1) is 36.8 Å². The van der Waals surface area contributed by atoms with Gasteiger partial charge < -0.3 is 0 Å². The van der Waals surface area contributed by atoms with E-state index in [2.05, 4.69) is 0 Å². The van der Waals surface area contributed by atoms with E-state index in [1.807, 2.05) is 72.8 Å². The molecular weight excluding hydrogens is 404 g/mol. The molecule has 4 atom stereocenters. The highest BCUT2D eigenvalue weighted by Crippen LogP contribution is 2.58. The van der Waals surface area contributed by atoms with Gasteiger partial charge in [-0.1, -0.05) is 72.8 Å². The molecule has 2 bridgehead atoms. The third-order valence-electron chi connectivity index (χ3n) is 7.56. The smallest absolute Gasteiger partial charge is 0.234 e. The summed E-state index contributed by atoms with van der Waals surface area (Å²) in [5.41, 5.74) is 1.77. The van der Waals surface area contributed by atoms with Gasteiger partial charge in [0.2, 0.25) is 23.6 Å². The van der Waals surface area contributed by atoms with Gasteiger partial charge in [-0.15, -0.1) is 0 Å². The number of hydrogen-bond donors (Lipinski definition) is 0. The minimum atomic E-state index is -0.559. The van der Waals surface area contributed by atoms with Crippen molar-refractivity contribution in [3.05, 3.63) is 83.9 Å². The van der Waals surface area contributed by atoms with E-state index in [1.54, 1.807) is 0 Å². The summed E-state index contributed by atoms with van der Waals surface area (Å²) in [6.07, 6.45) is 3.81. The monoisotopic (exact) mass is 426 g/mol. The van der Waals surface area contributed by atoms with Crippen LogP contribution < -0.4 is 0 Å². The van der Waals surface area contributed by atoms with Gasteiger partial charge in [0.15, 0.2) is 0 Å². The number of benzene rings is 2. The molecule has 6 heteroatoms. The minimum Gasteiger partial charge on any atom is -0.278 e. The van der Waals surface area contributed by atoms with Gasteiger partial charge in [0, 0.05) is 11.8 Å². The molecule has 160 valence electrons. The average Bonchev–Trinajstić information content (AvgIpc) is 3.24. The Labute approximate surface area is 185 Å². The van der Waals surface area contributed by atoms with E-state index in [1.165, 1.54) is 9.80 Å². The second-order valence-electron chi connectivity index (χ2n) is 9.14. The van der Waals surface area contributed by atoms with Gasteiger partial charge in [-0.2, -0.15) is 0 Å². The van der Waals surface area contributed by atoms with Gasteiger partial charge in [-0.3, -0.25) is 29.0 Å². The molecule has 0 unspecified atom stereocenters. The van der Waals surface area contributed by atoms with E-state index in [4.69, 9.17) is 0 Å². The zero-order chi connectivity index (χ0) is 22.0. The molecule has 0 aromatic heterocycles. The number of nitrogens with zero attached hydrogens (tertiary/aromatic N) is 2. The average molecular weight is 426 g/mol. The molecule has 3 fully saturated rings. The number of carbonyl (C=O) groups excluding carboxylic acids is 4. The summed E-state index contributed by atoms with van der Waals surface area (Å²) in [4.78, 5) is 56.1. The van der Waals surface area contributed by atoms with Crippen LogP contribution in [0.4, 0.5) is 0 Å². The molecule has 2 saturated heterocycles. The van der Waals surface area contributed by atoms with Crippen molar-refractivity contribution in [3.8, 4) is 0 Å². The highest BCUT2D eigenvalue weighted by atomic mass is 16.2. The van der Waals surface area contributed by atoms with Crippen LogP contribution >= 0.6 is 0 Å². The lowest BCUT2D eigenvalue weighted by atomic mass is 9.54. The Hall–Kier alpha value is -3.54. The molecule has 2 aromatic carbocycles. The standard InChI is InChI=1S/C26H22N2O4/c29-23-19-17-11-12-18(20(19)24(30)27(23)13-15-7-3-1-4-8-15)22-21(17)25(31)28(26(22)32)14-16-9-5-2-6-10-16/h1-12,17-22H,13-14H2/t17?,18?,19-,20-,21-,22-/m1/s1. The Balaban J connectivity index is 1.31. The summed E-state index contributed by atoms with van der Waals surface area (Å²) >= 11 is 0. The van der Waals surface area contributed by atoms with Gasteiger partial charge >= 0.3 is 0 Å². The Kier molecular flexibility index (Phi) is 4.18. The van der Waals surface area contributed by atoms with Crippen LogP contribution in [0.5, 0.6) is 0 Å². The van der Waals surface area contributed by atoms with Crippen molar-refractivity contribution in [3.63, 3.8) is 0 Å². The van der Waals surface area contributed by atoms with E-state index < -0.39 is 35.5 Å². The van der Waals surface area contributed by atoms with Crippen LogP contribution in [0.25, 0.3) is 0 Å². The number of likely N-dealkylation sites (tertiary alicyclic amines) is 2. The van der Waals surface area contributed by atoms with Crippen LogP contribution in [0.15, 0.2) is 72.8 Å². The zero-order valence-corrected chi connectivity index (χ0v) is 17.3. The molecule has 7 rings (SSSR count). The normalized spacial score (nSPS) is 32.6. The van der Waals surface area contributed by atoms with E-state index in [-0.39, 0.29) is 36.7 Å². The largest absolute Gasteiger partial charge is 0.278 e. The molecule has 5 aliphatic rings. The maximum absolute atomic E-state index is 13.4. The molecule has 2 aromatic rings. The topological polar surface area (TPSA) is 74.8 Å². The number of rotatable bonds is 4. The maximum Gasteiger partial charge on any atom is 0.234 e. The fourth-order valence-electron chi connectivity index (χ4n) is 6.19. The first kappa shape index (κ1) is 19.2. The third-order valence-corrected chi connectivity index (χ3v) is 7.56. The maximum atomic E-state index is 13.4. The first-order chi connectivity index (χ1) is 15.6. The van der Waals surface area contributed by atoms with Crippen molar-refractivity contribution < 1.29 is 19.2 Å². The van der Waals surface area contributed by atoms with Crippen molar-refractivity contribution in [2.24, 2.45) is 35.5 Å². The first-order valence-corrected chi connectivity index (χ1v) is 11.0. The van der Waals surface area contributed by atoms with Crippen LogP contribution in [0.1, 0.15) is 11.1 Å². The molecule has 32 heavy (non-hydrogen) atoms. The predicted molar refractivity (Wildman–Crippen MR) is 114 cm³/mol. The Morgan fingerprint density at radius 2 is 0.812 bits per heavy atom. The van der Waals surface area contributed by atoms with Crippen LogP contribution in [0.3, 0.4) is 0 Å². The summed E-state index contributed by atoms with van der Waals surface area (Å²) in [7, 11) is 0. The SMILES string of the molecule is O=C1[C@@H]2C3C=CC([C@H]2C(=O)N1Cc1ccccc1)[C@H]1C(=O)N(Cc2ccccc2)C(=O)[C@H]31. The molecule has 0 N–H and O–H groups in total. The molecule has 2 aliphatic heterocycles. The number of imide groups is 2. The molecule has 0 spiro atoms. The molecule has 2 heterocycles. The van der Waals surface area contributed by atoms with E-state index >= 15 is 0 Å². The Morgan fingerprint density at radius 3 is 1.12 bits per heavy atom. The second-order valence-corrected chi connectivity index (χ2v) is 9.14. The van der Waals surface area contributed by atoms with Crippen LogP contribution in [-0.2, 0) is 32.3 Å². The summed E-state index contributed by atoms with van der Waals surface area (Å²) in [6.45, 7) is 0.449. The van der Waals surface area contributed by atoms with Crippen LogP contribution in [0.2, 0.25) is 0 Å². The summed E-state index contributed by atoms with van der Waals surface area (Å²) < 4.78 is 0. The molecule has 3 aliphatic carbocycles. The van der Waals surface area contributed by atoms with Crippen molar-refractivity contribution in [2.45, 2.75) is 13.1 Å². The second kappa shape index (κ2) is 6.99. The first-order valence-electron chi connectivity index (χ1n) is 11.0. The number of allylic oxidation sites excluding steroid dienone is 2. The van der Waals surface area contributed by atoms with Crippen molar-refractivity contribution in [1.29, 1.82) is 0 Å². The fourth-order valence-corrected chi connectivity index (χ4v) is 6.19. The highest BCUT2D eigenvalue weighted by molar-refractivity contribution is 6.10. The quantitative estimate of drug-likeness (QED) is 0.556. The van der Waals surface area contributed by atoms with Crippen molar-refractivity contribution >= 4 is 23.6 Å². The lowest BCUT2D eigenvalue weighted by Gasteiger charge is -2.44. The summed E-state index contributed by atoms with van der Waals surface area (Å²) in [5, 5.41) is 0. The summed E-state index contributed by atoms with van der Waals surface area (Å²) in [5.74, 6) is -3.94.